The zero-order chi connectivity index (χ0) is 16.2. The van der Waals surface area contributed by atoms with Crippen LogP contribution >= 0.6 is 0 Å². The number of hydrogen-bond donors (Lipinski definition) is 0. The minimum atomic E-state index is -0.533. The summed E-state index contributed by atoms with van der Waals surface area (Å²) in [4.78, 5) is 18.0. The van der Waals surface area contributed by atoms with Gasteiger partial charge in [-0.15, -0.1) is 6.58 Å². The quantitative estimate of drug-likeness (QED) is 0.786. The van der Waals surface area contributed by atoms with Crippen LogP contribution < -0.4 is 0 Å². The van der Waals surface area contributed by atoms with Gasteiger partial charge in [-0.05, 0) is 39.2 Å². The zero-order valence-corrected chi connectivity index (χ0v) is 13.6. The molecule has 0 saturated carbocycles. The second-order valence-electron chi connectivity index (χ2n) is 6.60. The number of rotatable bonds is 4. The van der Waals surface area contributed by atoms with E-state index in [4.69, 9.17) is 9.57 Å². The summed E-state index contributed by atoms with van der Waals surface area (Å²) in [5.74, 6) is 0. The lowest BCUT2D eigenvalue weighted by Gasteiger charge is -2.26. The number of hydrogen-bond acceptors (Lipinski definition) is 3. The van der Waals surface area contributed by atoms with Crippen molar-refractivity contribution < 1.29 is 14.4 Å². The first-order chi connectivity index (χ1) is 10.4. The Kier molecular flexibility index (Phi) is 5.24. The van der Waals surface area contributed by atoms with Gasteiger partial charge in [-0.1, -0.05) is 36.4 Å². The number of carbonyl (C=O) groups is 1. The molecule has 120 valence electrons. The summed E-state index contributed by atoms with van der Waals surface area (Å²) in [5, 5.41) is 1.33. The summed E-state index contributed by atoms with van der Waals surface area (Å²) >= 11 is 0. The maximum Gasteiger partial charge on any atom is 0.435 e. The van der Waals surface area contributed by atoms with E-state index in [2.05, 4.69) is 18.7 Å². The second-order valence-corrected chi connectivity index (χ2v) is 6.60. The Hall–Kier alpha value is -1.81. The highest BCUT2D eigenvalue weighted by Gasteiger charge is 2.37. The third-order valence-corrected chi connectivity index (χ3v) is 3.51. The van der Waals surface area contributed by atoms with Crippen LogP contribution in [0.25, 0.3) is 0 Å². The highest BCUT2D eigenvalue weighted by Crippen LogP contribution is 2.27. The lowest BCUT2D eigenvalue weighted by atomic mass is 10.0. The standard InChI is InChI=1S/C18H25NO3/c1-5-15-13-16(12-11-14-9-7-6-8-10-14)22-19(15)17(20)21-18(2,3)4/h5-10,15-16H,1,11-13H2,2-4H3/t15-,16+/m1/s1. The predicted molar refractivity (Wildman–Crippen MR) is 86.3 cm³/mol. The van der Waals surface area contributed by atoms with Crippen LogP contribution in [0.15, 0.2) is 43.0 Å². The first-order valence-corrected chi connectivity index (χ1v) is 7.74. The lowest BCUT2D eigenvalue weighted by molar-refractivity contribution is -0.145. The molecule has 0 radical (unpaired) electrons. The Morgan fingerprint density at radius 1 is 1.41 bits per heavy atom. The largest absolute Gasteiger partial charge is 0.442 e. The van der Waals surface area contributed by atoms with E-state index < -0.39 is 11.7 Å². The Balaban J connectivity index is 1.91. The van der Waals surface area contributed by atoms with Crippen LogP contribution in [0.5, 0.6) is 0 Å². The molecular weight excluding hydrogens is 278 g/mol. The van der Waals surface area contributed by atoms with Crippen LogP contribution in [-0.2, 0) is 16.0 Å². The van der Waals surface area contributed by atoms with Gasteiger partial charge in [0, 0.05) is 6.42 Å². The van der Waals surface area contributed by atoms with Crippen LogP contribution in [0.4, 0.5) is 4.79 Å². The molecule has 0 spiro atoms. The molecule has 4 heteroatoms. The average molecular weight is 303 g/mol. The first kappa shape index (κ1) is 16.6. The molecule has 1 heterocycles. The molecule has 1 aromatic carbocycles. The van der Waals surface area contributed by atoms with Crippen molar-refractivity contribution in [3.8, 4) is 0 Å². The van der Waals surface area contributed by atoms with Gasteiger partial charge in [0.15, 0.2) is 0 Å². The summed E-state index contributed by atoms with van der Waals surface area (Å²) < 4.78 is 5.38. The summed E-state index contributed by atoms with van der Waals surface area (Å²) in [6.45, 7) is 9.33. The molecular formula is C18H25NO3. The zero-order valence-electron chi connectivity index (χ0n) is 13.6. The Morgan fingerprint density at radius 2 is 2.09 bits per heavy atom. The van der Waals surface area contributed by atoms with Crippen molar-refractivity contribution in [3.05, 3.63) is 48.6 Å². The highest BCUT2D eigenvalue weighted by atomic mass is 16.7. The van der Waals surface area contributed by atoms with E-state index in [9.17, 15) is 4.79 Å². The fourth-order valence-corrected chi connectivity index (χ4v) is 2.47. The Morgan fingerprint density at radius 3 is 2.68 bits per heavy atom. The molecule has 2 rings (SSSR count). The van der Waals surface area contributed by atoms with E-state index in [1.165, 1.54) is 10.6 Å². The second kappa shape index (κ2) is 6.97. The molecule has 1 amide bonds. The number of carbonyl (C=O) groups excluding carboxylic acids is 1. The monoisotopic (exact) mass is 303 g/mol. The van der Waals surface area contributed by atoms with Crippen molar-refractivity contribution in [2.24, 2.45) is 0 Å². The molecule has 1 aliphatic rings. The van der Waals surface area contributed by atoms with Crippen molar-refractivity contribution in [2.75, 3.05) is 0 Å². The van der Waals surface area contributed by atoms with Gasteiger partial charge in [0.2, 0.25) is 0 Å². The number of amides is 1. The van der Waals surface area contributed by atoms with Crippen LogP contribution in [0.3, 0.4) is 0 Å². The molecule has 1 aromatic rings. The van der Waals surface area contributed by atoms with E-state index in [0.717, 1.165) is 19.3 Å². The molecule has 1 fully saturated rings. The highest BCUT2D eigenvalue weighted by molar-refractivity contribution is 5.67. The number of nitrogens with zero attached hydrogens (tertiary/aromatic N) is 1. The summed E-state index contributed by atoms with van der Waals surface area (Å²) in [6.07, 6.45) is 3.86. The number of aryl methyl sites for hydroxylation is 1. The summed E-state index contributed by atoms with van der Waals surface area (Å²) in [6, 6.07) is 10.1. The molecule has 0 unspecified atom stereocenters. The lowest BCUT2D eigenvalue weighted by Crippen LogP contribution is -2.38. The molecule has 0 bridgehead atoms. The van der Waals surface area contributed by atoms with Gasteiger partial charge in [0.1, 0.15) is 5.60 Å². The van der Waals surface area contributed by atoms with Gasteiger partial charge in [-0.3, -0.25) is 4.84 Å². The van der Waals surface area contributed by atoms with Gasteiger partial charge in [-0.2, -0.15) is 5.06 Å². The van der Waals surface area contributed by atoms with Crippen molar-refractivity contribution in [1.82, 2.24) is 5.06 Å². The topological polar surface area (TPSA) is 38.8 Å². The van der Waals surface area contributed by atoms with E-state index in [-0.39, 0.29) is 12.1 Å². The maximum absolute atomic E-state index is 12.2. The first-order valence-electron chi connectivity index (χ1n) is 7.74. The summed E-state index contributed by atoms with van der Waals surface area (Å²) in [7, 11) is 0. The molecule has 0 N–H and O–H groups in total. The third-order valence-electron chi connectivity index (χ3n) is 3.51. The number of ether oxygens (including phenoxy) is 1. The molecule has 2 atom stereocenters. The van der Waals surface area contributed by atoms with E-state index in [1.54, 1.807) is 6.08 Å². The van der Waals surface area contributed by atoms with E-state index in [0.29, 0.717) is 0 Å². The van der Waals surface area contributed by atoms with Gasteiger partial charge in [0.05, 0.1) is 12.1 Å². The number of hydroxylamine groups is 2. The molecule has 4 nitrogen and oxygen atoms in total. The molecule has 1 aliphatic heterocycles. The van der Waals surface area contributed by atoms with Crippen molar-refractivity contribution in [2.45, 2.75) is 57.8 Å². The molecule has 1 saturated heterocycles. The van der Waals surface area contributed by atoms with E-state index >= 15 is 0 Å². The molecule has 0 aromatic heterocycles. The summed E-state index contributed by atoms with van der Waals surface area (Å²) in [5.41, 5.74) is 0.742. The SMILES string of the molecule is C=C[C@@H]1C[C@H](CCc2ccccc2)ON1C(=O)OC(C)(C)C. The van der Waals surface area contributed by atoms with Crippen LogP contribution in [0, 0.1) is 0 Å². The smallest absolute Gasteiger partial charge is 0.435 e. The van der Waals surface area contributed by atoms with Gasteiger partial charge < -0.3 is 4.74 Å². The van der Waals surface area contributed by atoms with Crippen molar-refractivity contribution >= 4 is 6.09 Å². The molecule has 0 aliphatic carbocycles. The maximum atomic E-state index is 12.2. The minimum Gasteiger partial charge on any atom is -0.442 e. The normalized spacial score (nSPS) is 21.7. The van der Waals surface area contributed by atoms with Crippen LogP contribution in [0.2, 0.25) is 0 Å². The molecule has 22 heavy (non-hydrogen) atoms. The Bertz CT molecular complexity index is 507. The van der Waals surface area contributed by atoms with E-state index in [1.807, 2.05) is 39.0 Å². The third kappa shape index (κ3) is 4.60. The average Bonchev–Trinajstić information content (AvgIpc) is 2.88. The van der Waals surface area contributed by atoms with Crippen LogP contribution in [0.1, 0.15) is 39.2 Å². The van der Waals surface area contributed by atoms with Crippen molar-refractivity contribution in [1.29, 1.82) is 0 Å². The Labute approximate surface area is 132 Å². The minimum absolute atomic E-state index is 0.00993. The van der Waals surface area contributed by atoms with Gasteiger partial charge in [0.25, 0.3) is 0 Å². The predicted octanol–water partition coefficient (Wildman–Crippen LogP) is 4.11. The van der Waals surface area contributed by atoms with Gasteiger partial charge >= 0.3 is 6.09 Å². The van der Waals surface area contributed by atoms with Gasteiger partial charge in [-0.25, -0.2) is 4.79 Å². The fourth-order valence-electron chi connectivity index (χ4n) is 2.47. The van der Waals surface area contributed by atoms with Crippen molar-refractivity contribution in [3.63, 3.8) is 0 Å². The number of benzene rings is 1. The van der Waals surface area contributed by atoms with Crippen LogP contribution in [-0.4, -0.2) is 28.9 Å². The fraction of sp³-hybridized carbons (Fsp3) is 0.500.